The van der Waals surface area contributed by atoms with Crippen molar-refractivity contribution in [3.8, 4) is 0 Å². The van der Waals surface area contributed by atoms with Crippen molar-refractivity contribution in [2.24, 2.45) is 5.92 Å². The summed E-state index contributed by atoms with van der Waals surface area (Å²) in [6.07, 6.45) is 3.50. The van der Waals surface area contributed by atoms with E-state index in [1.807, 2.05) is 11.0 Å². The molecule has 1 atom stereocenters. The van der Waals surface area contributed by atoms with Gasteiger partial charge in [-0.25, -0.2) is 4.98 Å². The summed E-state index contributed by atoms with van der Waals surface area (Å²) < 4.78 is 0. The number of anilines is 1. The quantitative estimate of drug-likeness (QED) is 0.836. The Hall–Kier alpha value is -1.58. The molecule has 2 rings (SSSR count). The summed E-state index contributed by atoms with van der Waals surface area (Å²) in [5.41, 5.74) is 6.56. The summed E-state index contributed by atoms with van der Waals surface area (Å²) >= 11 is 0. The zero-order chi connectivity index (χ0) is 11.5. The second-order valence-electron chi connectivity index (χ2n) is 4.34. The fourth-order valence-corrected chi connectivity index (χ4v) is 2.03. The van der Waals surface area contributed by atoms with Crippen molar-refractivity contribution in [3.63, 3.8) is 0 Å². The van der Waals surface area contributed by atoms with Gasteiger partial charge < -0.3 is 10.6 Å². The standard InChI is InChI=1S/C12H17N3O/c1-2-9-5-12(16)15(7-9)8-10-3-4-11(13)14-6-10/h3-4,6,9H,2,5,7-8H2,1H3,(H2,13,14). The summed E-state index contributed by atoms with van der Waals surface area (Å²) in [4.78, 5) is 17.6. The second kappa shape index (κ2) is 4.51. The number of likely N-dealkylation sites (tertiary alicyclic amines) is 1. The van der Waals surface area contributed by atoms with Crippen LogP contribution in [-0.2, 0) is 11.3 Å². The number of carbonyl (C=O) groups is 1. The highest BCUT2D eigenvalue weighted by molar-refractivity contribution is 5.78. The number of pyridine rings is 1. The van der Waals surface area contributed by atoms with Crippen LogP contribution < -0.4 is 5.73 Å². The molecule has 1 aliphatic rings. The Balaban J connectivity index is 2.00. The van der Waals surface area contributed by atoms with Gasteiger partial charge in [0.25, 0.3) is 0 Å². The van der Waals surface area contributed by atoms with Crippen molar-refractivity contribution in [1.29, 1.82) is 0 Å². The van der Waals surface area contributed by atoms with Gasteiger partial charge in [0.05, 0.1) is 0 Å². The lowest BCUT2D eigenvalue weighted by molar-refractivity contribution is -0.128. The summed E-state index contributed by atoms with van der Waals surface area (Å²) in [5, 5.41) is 0. The lowest BCUT2D eigenvalue weighted by atomic mass is 10.1. The minimum atomic E-state index is 0.253. The predicted octanol–water partition coefficient (Wildman–Crippen LogP) is 1.42. The van der Waals surface area contributed by atoms with E-state index in [1.54, 1.807) is 12.3 Å². The van der Waals surface area contributed by atoms with Crippen molar-refractivity contribution in [3.05, 3.63) is 23.9 Å². The van der Waals surface area contributed by atoms with Crippen molar-refractivity contribution >= 4 is 11.7 Å². The second-order valence-corrected chi connectivity index (χ2v) is 4.34. The van der Waals surface area contributed by atoms with Crippen molar-refractivity contribution in [2.45, 2.75) is 26.3 Å². The number of hydrogen-bond acceptors (Lipinski definition) is 3. The number of rotatable bonds is 3. The van der Waals surface area contributed by atoms with Gasteiger partial charge in [-0.05, 0) is 17.5 Å². The Morgan fingerprint density at radius 1 is 1.56 bits per heavy atom. The molecule has 2 N–H and O–H groups in total. The zero-order valence-electron chi connectivity index (χ0n) is 9.52. The molecule has 0 saturated carbocycles. The van der Waals surface area contributed by atoms with Crippen molar-refractivity contribution in [2.75, 3.05) is 12.3 Å². The number of nitrogen functional groups attached to an aromatic ring is 1. The van der Waals surface area contributed by atoms with E-state index in [2.05, 4.69) is 11.9 Å². The average Bonchev–Trinajstić information content (AvgIpc) is 2.63. The van der Waals surface area contributed by atoms with Crippen LogP contribution in [0.4, 0.5) is 5.82 Å². The molecule has 4 heteroatoms. The molecule has 0 radical (unpaired) electrons. The lowest BCUT2D eigenvalue weighted by Gasteiger charge is -2.16. The molecule has 1 fully saturated rings. The molecule has 2 heterocycles. The number of carbonyl (C=O) groups excluding carboxylic acids is 1. The van der Waals surface area contributed by atoms with Crippen molar-refractivity contribution < 1.29 is 4.79 Å². The maximum absolute atomic E-state index is 11.7. The van der Waals surface area contributed by atoms with Gasteiger partial charge in [0.15, 0.2) is 0 Å². The molecule has 16 heavy (non-hydrogen) atoms. The highest BCUT2D eigenvalue weighted by Crippen LogP contribution is 2.22. The zero-order valence-corrected chi connectivity index (χ0v) is 9.52. The van der Waals surface area contributed by atoms with E-state index in [1.165, 1.54) is 0 Å². The number of amides is 1. The molecule has 1 aromatic rings. The Bertz CT molecular complexity index is 374. The largest absolute Gasteiger partial charge is 0.384 e. The highest BCUT2D eigenvalue weighted by atomic mass is 16.2. The molecule has 0 aromatic carbocycles. The SMILES string of the molecule is CCC1CC(=O)N(Cc2ccc(N)nc2)C1. The fourth-order valence-electron chi connectivity index (χ4n) is 2.03. The first kappa shape index (κ1) is 10.9. The maximum atomic E-state index is 11.7. The third-order valence-corrected chi connectivity index (χ3v) is 3.09. The smallest absolute Gasteiger partial charge is 0.223 e. The minimum absolute atomic E-state index is 0.253. The third-order valence-electron chi connectivity index (χ3n) is 3.09. The molecule has 1 unspecified atom stereocenters. The number of nitrogens with two attached hydrogens (primary N) is 1. The van der Waals surface area contributed by atoms with E-state index in [0.717, 1.165) is 18.5 Å². The topological polar surface area (TPSA) is 59.2 Å². The summed E-state index contributed by atoms with van der Waals surface area (Å²) in [6.45, 7) is 3.66. The first-order valence-electron chi connectivity index (χ1n) is 5.67. The van der Waals surface area contributed by atoms with Crippen LogP contribution in [0, 0.1) is 5.92 Å². The molecule has 0 spiro atoms. The Labute approximate surface area is 95.5 Å². The van der Waals surface area contributed by atoms with Crippen LogP contribution in [0.25, 0.3) is 0 Å². The van der Waals surface area contributed by atoms with E-state index in [-0.39, 0.29) is 5.91 Å². The normalized spacial score (nSPS) is 20.4. The van der Waals surface area contributed by atoms with E-state index in [9.17, 15) is 4.79 Å². The summed E-state index contributed by atoms with van der Waals surface area (Å²) in [5.74, 6) is 1.29. The number of hydrogen-bond donors (Lipinski definition) is 1. The molecular weight excluding hydrogens is 202 g/mol. The van der Waals surface area contributed by atoms with Crippen LogP contribution in [0.3, 0.4) is 0 Å². The van der Waals surface area contributed by atoms with Gasteiger partial charge in [-0.15, -0.1) is 0 Å². The van der Waals surface area contributed by atoms with Crippen LogP contribution in [0.5, 0.6) is 0 Å². The van der Waals surface area contributed by atoms with Gasteiger partial charge in [-0.2, -0.15) is 0 Å². The van der Waals surface area contributed by atoms with Gasteiger partial charge in [0.1, 0.15) is 5.82 Å². The van der Waals surface area contributed by atoms with Crippen LogP contribution in [-0.4, -0.2) is 22.3 Å². The van der Waals surface area contributed by atoms with E-state index >= 15 is 0 Å². The molecule has 1 aliphatic heterocycles. The van der Waals surface area contributed by atoms with Gasteiger partial charge in [0.2, 0.25) is 5.91 Å². The molecule has 4 nitrogen and oxygen atoms in total. The first-order chi connectivity index (χ1) is 7.69. The Morgan fingerprint density at radius 3 is 2.94 bits per heavy atom. The molecular formula is C12H17N3O. The molecule has 86 valence electrons. The van der Waals surface area contributed by atoms with Gasteiger partial charge >= 0.3 is 0 Å². The average molecular weight is 219 g/mol. The molecule has 1 aromatic heterocycles. The van der Waals surface area contributed by atoms with Crippen molar-refractivity contribution in [1.82, 2.24) is 9.88 Å². The summed E-state index contributed by atoms with van der Waals surface area (Å²) in [7, 11) is 0. The molecule has 1 amide bonds. The predicted molar refractivity (Wildman–Crippen MR) is 62.5 cm³/mol. The molecule has 0 aliphatic carbocycles. The fraction of sp³-hybridized carbons (Fsp3) is 0.500. The summed E-state index contributed by atoms with van der Waals surface area (Å²) in [6, 6.07) is 3.70. The van der Waals surface area contributed by atoms with E-state index < -0.39 is 0 Å². The van der Waals surface area contributed by atoms with Crippen LogP contribution in [0.1, 0.15) is 25.3 Å². The van der Waals surface area contributed by atoms with Crippen LogP contribution in [0.2, 0.25) is 0 Å². The van der Waals surface area contributed by atoms with Crippen LogP contribution in [0.15, 0.2) is 18.3 Å². The van der Waals surface area contributed by atoms with E-state index in [4.69, 9.17) is 5.73 Å². The maximum Gasteiger partial charge on any atom is 0.223 e. The van der Waals surface area contributed by atoms with Gasteiger partial charge in [-0.3, -0.25) is 4.79 Å². The monoisotopic (exact) mass is 219 g/mol. The van der Waals surface area contributed by atoms with E-state index in [0.29, 0.717) is 24.7 Å². The number of nitrogens with zero attached hydrogens (tertiary/aromatic N) is 2. The van der Waals surface area contributed by atoms with Gasteiger partial charge in [0, 0.05) is 25.7 Å². The number of aromatic nitrogens is 1. The minimum Gasteiger partial charge on any atom is -0.384 e. The Morgan fingerprint density at radius 2 is 2.38 bits per heavy atom. The molecule has 1 saturated heterocycles. The Kier molecular flexibility index (Phi) is 3.08. The first-order valence-corrected chi connectivity index (χ1v) is 5.67. The highest BCUT2D eigenvalue weighted by Gasteiger charge is 2.27. The van der Waals surface area contributed by atoms with Crippen LogP contribution >= 0.6 is 0 Å². The molecule has 0 bridgehead atoms. The van der Waals surface area contributed by atoms with Gasteiger partial charge in [-0.1, -0.05) is 19.4 Å². The lowest BCUT2D eigenvalue weighted by Crippen LogP contribution is -2.24. The third kappa shape index (κ3) is 2.32.